The summed E-state index contributed by atoms with van der Waals surface area (Å²) in [4.78, 5) is 17.5. The van der Waals surface area contributed by atoms with Gasteiger partial charge in [0.15, 0.2) is 5.58 Å². The first kappa shape index (κ1) is 20.2. The third-order valence-corrected chi connectivity index (χ3v) is 5.55. The number of nitrogens with zero attached hydrogens (tertiary/aromatic N) is 1. The van der Waals surface area contributed by atoms with Crippen LogP contribution in [0.3, 0.4) is 0 Å². The van der Waals surface area contributed by atoms with Gasteiger partial charge in [0.1, 0.15) is 11.3 Å². The van der Waals surface area contributed by atoms with Crippen LogP contribution in [-0.2, 0) is 0 Å². The molecule has 6 heteroatoms. The van der Waals surface area contributed by atoms with Gasteiger partial charge in [0.05, 0.1) is 12.7 Å². The Hall–Kier alpha value is -3.12. The van der Waals surface area contributed by atoms with E-state index in [4.69, 9.17) is 9.15 Å². The summed E-state index contributed by atoms with van der Waals surface area (Å²) in [5.74, 6) is 0.851. The predicted molar refractivity (Wildman–Crippen MR) is 122 cm³/mol. The molecular weight excluding hydrogens is 444 g/mol. The zero-order chi connectivity index (χ0) is 21.4. The summed E-state index contributed by atoms with van der Waals surface area (Å²) in [5.41, 5.74) is 6.64. The molecule has 1 aromatic heterocycles. The van der Waals surface area contributed by atoms with Gasteiger partial charge in [0.25, 0.3) is 5.91 Å². The molecule has 0 aliphatic carbocycles. The van der Waals surface area contributed by atoms with Crippen LogP contribution in [0, 0.1) is 20.8 Å². The fraction of sp³-hybridized carbons (Fsp3) is 0.167. The summed E-state index contributed by atoms with van der Waals surface area (Å²) in [6, 6.07) is 15.2. The molecule has 5 nitrogen and oxygen atoms in total. The molecule has 30 heavy (non-hydrogen) atoms. The molecule has 152 valence electrons. The molecule has 0 aliphatic heterocycles. The van der Waals surface area contributed by atoms with Gasteiger partial charge in [-0.05, 0) is 79.9 Å². The number of hydrogen-bond donors (Lipinski definition) is 1. The van der Waals surface area contributed by atoms with Crippen LogP contribution >= 0.6 is 15.9 Å². The maximum atomic E-state index is 12.9. The van der Waals surface area contributed by atoms with Crippen molar-refractivity contribution in [2.45, 2.75) is 20.8 Å². The number of aryl methyl sites for hydroxylation is 3. The van der Waals surface area contributed by atoms with Crippen LogP contribution in [0.1, 0.15) is 27.0 Å². The van der Waals surface area contributed by atoms with Gasteiger partial charge in [0.2, 0.25) is 5.89 Å². The maximum absolute atomic E-state index is 12.9. The van der Waals surface area contributed by atoms with E-state index >= 15 is 0 Å². The summed E-state index contributed by atoms with van der Waals surface area (Å²) < 4.78 is 12.1. The fourth-order valence-corrected chi connectivity index (χ4v) is 3.94. The number of nitrogens with one attached hydrogen (secondary N) is 1. The minimum atomic E-state index is -0.256. The highest BCUT2D eigenvalue weighted by atomic mass is 79.9. The first-order chi connectivity index (χ1) is 14.4. The van der Waals surface area contributed by atoms with Gasteiger partial charge < -0.3 is 14.5 Å². The Morgan fingerprint density at radius 2 is 1.80 bits per heavy atom. The second-order valence-electron chi connectivity index (χ2n) is 7.26. The normalized spacial score (nSPS) is 11.0. The summed E-state index contributed by atoms with van der Waals surface area (Å²) in [5, 5.41) is 2.92. The summed E-state index contributed by atoms with van der Waals surface area (Å²) >= 11 is 3.44. The van der Waals surface area contributed by atoms with Crippen molar-refractivity contribution in [1.82, 2.24) is 4.98 Å². The van der Waals surface area contributed by atoms with Gasteiger partial charge in [-0.2, -0.15) is 0 Å². The number of ether oxygens (including phenoxy) is 1. The lowest BCUT2D eigenvalue weighted by Crippen LogP contribution is -2.13. The monoisotopic (exact) mass is 464 g/mol. The average molecular weight is 465 g/mol. The Kier molecular flexibility index (Phi) is 5.35. The smallest absolute Gasteiger partial charge is 0.259 e. The van der Waals surface area contributed by atoms with E-state index < -0.39 is 0 Å². The summed E-state index contributed by atoms with van der Waals surface area (Å²) in [7, 11) is 1.56. The molecule has 4 aromatic rings. The third kappa shape index (κ3) is 3.83. The fourth-order valence-electron chi connectivity index (χ4n) is 3.37. The molecule has 1 heterocycles. The van der Waals surface area contributed by atoms with Crippen molar-refractivity contribution < 1.29 is 13.9 Å². The lowest BCUT2D eigenvalue weighted by atomic mass is 10.1. The van der Waals surface area contributed by atoms with Crippen LogP contribution in [0.4, 0.5) is 5.69 Å². The minimum Gasteiger partial charge on any atom is -0.496 e. The first-order valence-corrected chi connectivity index (χ1v) is 10.3. The number of oxazole rings is 1. The topological polar surface area (TPSA) is 64.4 Å². The number of carbonyl (C=O) groups is 1. The SMILES string of the molecule is COc1c(C)cc(Br)cc1C(=O)Nc1ccc2oc(-c3ccc(C)c(C)c3)nc2c1. The van der Waals surface area contributed by atoms with Gasteiger partial charge in [0, 0.05) is 15.7 Å². The number of fused-ring (bicyclic) bond motifs is 1. The Morgan fingerprint density at radius 1 is 1.00 bits per heavy atom. The minimum absolute atomic E-state index is 0.256. The van der Waals surface area contributed by atoms with Crippen molar-refractivity contribution in [3.05, 3.63) is 75.3 Å². The number of halogens is 1. The molecular formula is C24H21BrN2O3. The average Bonchev–Trinajstić information content (AvgIpc) is 3.13. The second-order valence-corrected chi connectivity index (χ2v) is 8.17. The molecule has 0 unspecified atom stereocenters. The molecule has 0 aliphatic rings. The second kappa shape index (κ2) is 7.95. The van der Waals surface area contributed by atoms with E-state index in [9.17, 15) is 4.79 Å². The van der Waals surface area contributed by atoms with E-state index in [-0.39, 0.29) is 5.91 Å². The Bertz CT molecular complexity index is 1280. The third-order valence-electron chi connectivity index (χ3n) is 5.09. The lowest BCUT2D eigenvalue weighted by molar-refractivity contribution is 0.102. The first-order valence-electron chi connectivity index (χ1n) is 9.49. The number of rotatable bonds is 4. The molecule has 0 fully saturated rings. The molecule has 0 bridgehead atoms. The molecule has 0 atom stereocenters. The zero-order valence-electron chi connectivity index (χ0n) is 17.2. The Labute approximate surface area is 183 Å². The predicted octanol–water partition coefficient (Wildman–Crippen LogP) is 6.44. The summed E-state index contributed by atoms with van der Waals surface area (Å²) in [6.07, 6.45) is 0. The number of methoxy groups -OCH3 is 1. The van der Waals surface area contributed by atoms with Crippen molar-refractivity contribution in [2.24, 2.45) is 0 Å². The van der Waals surface area contributed by atoms with Gasteiger partial charge >= 0.3 is 0 Å². The van der Waals surface area contributed by atoms with Gasteiger partial charge in [-0.3, -0.25) is 4.79 Å². The molecule has 3 aromatic carbocycles. The molecule has 0 spiro atoms. The van der Waals surface area contributed by atoms with Crippen molar-refractivity contribution in [1.29, 1.82) is 0 Å². The van der Waals surface area contributed by atoms with Crippen LogP contribution in [0.2, 0.25) is 0 Å². The van der Waals surface area contributed by atoms with Crippen LogP contribution in [0.25, 0.3) is 22.6 Å². The highest BCUT2D eigenvalue weighted by Gasteiger charge is 2.17. The van der Waals surface area contributed by atoms with Gasteiger partial charge in [-0.25, -0.2) is 4.98 Å². The van der Waals surface area contributed by atoms with Crippen LogP contribution < -0.4 is 10.1 Å². The number of carbonyl (C=O) groups excluding carboxylic acids is 1. The molecule has 1 N–H and O–H groups in total. The molecule has 1 amide bonds. The van der Waals surface area contributed by atoms with E-state index in [2.05, 4.69) is 52.2 Å². The molecule has 0 saturated heterocycles. The van der Waals surface area contributed by atoms with Crippen molar-refractivity contribution >= 4 is 38.6 Å². The number of amides is 1. The molecule has 0 saturated carbocycles. The van der Waals surface area contributed by atoms with Gasteiger partial charge in [-0.1, -0.05) is 22.0 Å². The maximum Gasteiger partial charge on any atom is 0.259 e. The Balaban J connectivity index is 1.64. The van der Waals surface area contributed by atoms with E-state index in [1.807, 2.05) is 25.1 Å². The highest BCUT2D eigenvalue weighted by Crippen LogP contribution is 2.30. The standard InChI is InChI=1S/C24H21BrN2O3/c1-13-5-6-16(9-14(13)2)24-27-20-12-18(7-8-21(20)30-24)26-23(28)19-11-17(25)10-15(3)22(19)29-4/h5-12H,1-4H3,(H,26,28). The van der Waals surface area contributed by atoms with E-state index in [1.54, 1.807) is 25.3 Å². The van der Waals surface area contributed by atoms with Crippen LogP contribution in [0.5, 0.6) is 5.75 Å². The molecule has 0 radical (unpaired) electrons. The van der Waals surface area contributed by atoms with E-state index in [0.29, 0.717) is 34.0 Å². The number of hydrogen-bond acceptors (Lipinski definition) is 4. The van der Waals surface area contributed by atoms with Crippen LogP contribution in [-0.4, -0.2) is 18.0 Å². The molecule has 4 rings (SSSR count). The van der Waals surface area contributed by atoms with Crippen molar-refractivity contribution in [3.8, 4) is 17.2 Å². The lowest BCUT2D eigenvalue weighted by Gasteiger charge is -2.12. The van der Waals surface area contributed by atoms with Gasteiger partial charge in [-0.15, -0.1) is 0 Å². The highest BCUT2D eigenvalue weighted by molar-refractivity contribution is 9.10. The largest absolute Gasteiger partial charge is 0.496 e. The zero-order valence-corrected chi connectivity index (χ0v) is 18.8. The number of anilines is 1. The van der Waals surface area contributed by atoms with Crippen molar-refractivity contribution in [3.63, 3.8) is 0 Å². The summed E-state index contributed by atoms with van der Waals surface area (Å²) in [6.45, 7) is 6.03. The number of benzene rings is 3. The number of aromatic nitrogens is 1. The van der Waals surface area contributed by atoms with Crippen LogP contribution in [0.15, 0.2) is 57.4 Å². The Morgan fingerprint density at radius 3 is 2.53 bits per heavy atom. The van der Waals surface area contributed by atoms with Crippen molar-refractivity contribution in [2.75, 3.05) is 12.4 Å². The van der Waals surface area contributed by atoms with E-state index in [1.165, 1.54) is 11.1 Å². The quantitative estimate of drug-likeness (QED) is 0.377. The van der Waals surface area contributed by atoms with E-state index in [0.717, 1.165) is 15.6 Å².